The fourth-order valence-corrected chi connectivity index (χ4v) is 4.36. The normalized spacial score (nSPS) is 15.1. The molecule has 1 amide bonds. The van der Waals surface area contributed by atoms with E-state index in [-0.39, 0.29) is 11.4 Å². The van der Waals surface area contributed by atoms with Crippen molar-refractivity contribution in [3.63, 3.8) is 0 Å². The van der Waals surface area contributed by atoms with Crippen LogP contribution in [0.25, 0.3) is 22.0 Å². The van der Waals surface area contributed by atoms with Gasteiger partial charge in [0.2, 0.25) is 5.91 Å². The molecule has 0 atom stereocenters. The Hall–Kier alpha value is -2.59. The summed E-state index contributed by atoms with van der Waals surface area (Å²) in [5, 5.41) is 4.39. The van der Waals surface area contributed by atoms with Gasteiger partial charge in [-0.05, 0) is 75.3 Å². The lowest BCUT2D eigenvalue weighted by Crippen LogP contribution is -2.51. The highest BCUT2D eigenvalue weighted by molar-refractivity contribution is 5.87. The largest absolute Gasteiger partial charge is 0.348 e. The predicted octanol–water partition coefficient (Wildman–Crippen LogP) is 4.61. The molecule has 4 nitrogen and oxygen atoms in total. The lowest BCUT2D eigenvalue weighted by molar-refractivity contribution is -0.123. The van der Waals surface area contributed by atoms with Gasteiger partial charge >= 0.3 is 0 Å². The minimum atomic E-state index is -0.225. The Labute approximate surface area is 173 Å². The summed E-state index contributed by atoms with van der Waals surface area (Å²) in [4.78, 5) is 15.2. The molecule has 0 spiro atoms. The fraction of sp³-hybridized carbons (Fsp3) is 0.400. The average molecular weight is 390 g/mol. The van der Waals surface area contributed by atoms with Crippen molar-refractivity contribution in [3.05, 3.63) is 60.3 Å². The number of likely N-dealkylation sites (tertiary alicyclic amines) is 1. The second kappa shape index (κ2) is 8.03. The number of fused-ring (bicyclic) bond motifs is 1. The first-order valence-corrected chi connectivity index (χ1v) is 10.6. The number of hydrogen-bond acceptors (Lipinski definition) is 2. The van der Waals surface area contributed by atoms with Crippen molar-refractivity contribution in [1.29, 1.82) is 0 Å². The highest BCUT2D eigenvalue weighted by Crippen LogP contribution is 2.25. The summed E-state index contributed by atoms with van der Waals surface area (Å²) >= 11 is 0. The minimum Gasteiger partial charge on any atom is -0.348 e. The van der Waals surface area contributed by atoms with Crippen LogP contribution in [-0.4, -0.2) is 40.5 Å². The Morgan fingerprint density at radius 2 is 1.69 bits per heavy atom. The molecule has 1 aliphatic heterocycles. The molecule has 4 rings (SSSR count). The number of carbonyl (C=O) groups excluding carboxylic acids is 1. The van der Waals surface area contributed by atoms with Crippen LogP contribution in [0.15, 0.2) is 54.7 Å². The van der Waals surface area contributed by atoms with E-state index in [0.29, 0.717) is 6.54 Å². The van der Waals surface area contributed by atoms with Crippen LogP contribution in [-0.2, 0) is 11.3 Å². The molecule has 1 N–H and O–H groups in total. The van der Waals surface area contributed by atoms with Gasteiger partial charge in [-0.15, -0.1) is 0 Å². The highest BCUT2D eigenvalue weighted by Gasteiger charge is 2.25. The topological polar surface area (TPSA) is 37.3 Å². The van der Waals surface area contributed by atoms with E-state index in [4.69, 9.17) is 0 Å². The maximum absolute atomic E-state index is 12.8. The maximum atomic E-state index is 12.8. The smallest absolute Gasteiger partial charge is 0.240 e. The van der Waals surface area contributed by atoms with Crippen LogP contribution >= 0.6 is 0 Å². The summed E-state index contributed by atoms with van der Waals surface area (Å²) in [6.45, 7) is 9.86. The van der Waals surface area contributed by atoms with Crippen molar-refractivity contribution in [2.75, 3.05) is 19.6 Å². The van der Waals surface area contributed by atoms with Crippen molar-refractivity contribution in [2.24, 2.45) is 0 Å². The minimum absolute atomic E-state index is 0.0624. The lowest BCUT2D eigenvalue weighted by Gasteiger charge is -2.31. The van der Waals surface area contributed by atoms with Gasteiger partial charge in [-0.2, -0.15) is 0 Å². The zero-order valence-electron chi connectivity index (χ0n) is 17.7. The molecule has 1 fully saturated rings. The second-order valence-corrected chi connectivity index (χ2v) is 9.00. The van der Waals surface area contributed by atoms with Crippen molar-refractivity contribution in [2.45, 2.75) is 45.7 Å². The van der Waals surface area contributed by atoms with Gasteiger partial charge < -0.3 is 14.8 Å². The quantitative estimate of drug-likeness (QED) is 0.669. The average Bonchev–Trinajstić information content (AvgIpc) is 3.31. The van der Waals surface area contributed by atoms with E-state index in [0.717, 1.165) is 30.5 Å². The number of hydrogen-bond donors (Lipinski definition) is 1. The van der Waals surface area contributed by atoms with Crippen molar-refractivity contribution in [3.8, 4) is 11.1 Å². The van der Waals surface area contributed by atoms with Crippen LogP contribution in [0.2, 0.25) is 0 Å². The third-order valence-corrected chi connectivity index (χ3v) is 5.77. The molecule has 2 heterocycles. The van der Waals surface area contributed by atoms with E-state index in [9.17, 15) is 4.79 Å². The zero-order valence-corrected chi connectivity index (χ0v) is 17.7. The van der Waals surface area contributed by atoms with Crippen LogP contribution in [0.4, 0.5) is 0 Å². The molecule has 0 saturated carbocycles. The van der Waals surface area contributed by atoms with Gasteiger partial charge in [-0.3, -0.25) is 4.79 Å². The Balaban J connectivity index is 1.49. The molecular weight excluding hydrogens is 358 g/mol. The summed E-state index contributed by atoms with van der Waals surface area (Å²) in [5.41, 5.74) is 4.49. The number of amides is 1. The molecule has 4 heteroatoms. The Morgan fingerprint density at radius 3 is 2.41 bits per heavy atom. The molecule has 0 aliphatic carbocycles. The number of carbonyl (C=O) groups is 1. The molecule has 0 bridgehead atoms. The summed E-state index contributed by atoms with van der Waals surface area (Å²) in [6, 6.07) is 17.1. The summed E-state index contributed by atoms with van der Waals surface area (Å²) in [5.74, 6) is 0.0624. The number of aryl methyl sites for hydroxylation is 1. The van der Waals surface area contributed by atoms with Crippen LogP contribution in [0.5, 0.6) is 0 Å². The summed E-state index contributed by atoms with van der Waals surface area (Å²) in [7, 11) is 0. The van der Waals surface area contributed by atoms with E-state index in [2.05, 4.69) is 79.5 Å². The van der Waals surface area contributed by atoms with Gasteiger partial charge in [0, 0.05) is 23.8 Å². The van der Waals surface area contributed by atoms with Gasteiger partial charge in [0.25, 0.3) is 0 Å². The molecule has 1 saturated heterocycles. The lowest BCUT2D eigenvalue weighted by atomic mass is 10.0. The van der Waals surface area contributed by atoms with Gasteiger partial charge in [-0.1, -0.05) is 42.0 Å². The summed E-state index contributed by atoms with van der Waals surface area (Å²) < 4.78 is 2.05. The summed E-state index contributed by atoms with van der Waals surface area (Å²) in [6.07, 6.45) is 4.54. The van der Waals surface area contributed by atoms with Gasteiger partial charge in [-0.25, -0.2) is 0 Å². The Morgan fingerprint density at radius 1 is 1.00 bits per heavy atom. The number of aromatic nitrogens is 1. The van der Waals surface area contributed by atoms with Crippen molar-refractivity contribution < 1.29 is 4.79 Å². The van der Waals surface area contributed by atoms with E-state index < -0.39 is 0 Å². The molecule has 1 aliphatic rings. The predicted molar refractivity (Wildman–Crippen MR) is 120 cm³/mol. The number of nitrogens with zero attached hydrogens (tertiary/aromatic N) is 2. The Kier molecular flexibility index (Phi) is 5.46. The van der Waals surface area contributed by atoms with Gasteiger partial charge in [0.1, 0.15) is 6.54 Å². The standard InChI is InChI=1S/C25H31N3O/c1-19-6-8-20(9-7-19)22-11-10-21-12-15-28(23(21)16-22)17-24(29)26-25(2,3)18-27-13-4-5-14-27/h6-12,15-16H,4-5,13-14,17-18H2,1-3H3,(H,26,29). The SMILES string of the molecule is Cc1ccc(-c2ccc3ccn(CC(=O)NC(C)(C)CN4CCCC4)c3c2)cc1. The molecule has 152 valence electrons. The van der Waals surface area contributed by atoms with E-state index in [1.165, 1.54) is 29.5 Å². The van der Waals surface area contributed by atoms with Crippen LogP contribution in [0.1, 0.15) is 32.3 Å². The third kappa shape index (κ3) is 4.70. The third-order valence-electron chi connectivity index (χ3n) is 5.77. The van der Waals surface area contributed by atoms with Crippen LogP contribution in [0, 0.1) is 6.92 Å². The first kappa shape index (κ1) is 19.7. The molecule has 29 heavy (non-hydrogen) atoms. The Bertz CT molecular complexity index is 995. The molecule has 3 aromatic rings. The monoisotopic (exact) mass is 389 g/mol. The molecule has 1 aromatic heterocycles. The first-order chi connectivity index (χ1) is 13.9. The second-order valence-electron chi connectivity index (χ2n) is 9.00. The van der Waals surface area contributed by atoms with E-state index in [1.807, 2.05) is 10.8 Å². The van der Waals surface area contributed by atoms with E-state index >= 15 is 0 Å². The van der Waals surface area contributed by atoms with Gasteiger partial charge in [0.05, 0.1) is 0 Å². The number of benzene rings is 2. The molecule has 0 radical (unpaired) electrons. The van der Waals surface area contributed by atoms with Gasteiger partial charge in [0.15, 0.2) is 0 Å². The maximum Gasteiger partial charge on any atom is 0.240 e. The van der Waals surface area contributed by atoms with Crippen LogP contribution < -0.4 is 5.32 Å². The molecule has 0 unspecified atom stereocenters. The molecular formula is C25H31N3O. The van der Waals surface area contributed by atoms with Crippen LogP contribution in [0.3, 0.4) is 0 Å². The zero-order chi connectivity index (χ0) is 20.4. The highest BCUT2D eigenvalue weighted by atomic mass is 16.2. The fourth-order valence-electron chi connectivity index (χ4n) is 4.36. The number of rotatable bonds is 6. The first-order valence-electron chi connectivity index (χ1n) is 10.6. The van der Waals surface area contributed by atoms with E-state index in [1.54, 1.807) is 0 Å². The van der Waals surface area contributed by atoms with Crippen molar-refractivity contribution >= 4 is 16.8 Å². The van der Waals surface area contributed by atoms with Crippen molar-refractivity contribution in [1.82, 2.24) is 14.8 Å². The number of nitrogens with one attached hydrogen (secondary N) is 1. The molecule has 2 aromatic carbocycles.